The molecule has 2 aromatic carbocycles. The van der Waals surface area contributed by atoms with E-state index in [-0.39, 0.29) is 49.5 Å². The Morgan fingerprint density at radius 2 is 1.89 bits per heavy atom. The Balaban J connectivity index is 1.32. The number of benzene rings is 2. The molecule has 5 nitrogen and oxygen atoms in total. The number of aromatic nitrogens is 1. The average molecular weight is 504 g/mol. The molecule has 0 saturated carbocycles. The van der Waals surface area contributed by atoms with E-state index in [1.54, 1.807) is 4.90 Å². The van der Waals surface area contributed by atoms with Crippen molar-refractivity contribution in [3.8, 4) is 5.75 Å². The summed E-state index contributed by atoms with van der Waals surface area (Å²) in [6.45, 7) is 1.03. The third-order valence-electron chi connectivity index (χ3n) is 7.96. The number of para-hydroxylation sites is 1. The predicted octanol–water partition coefficient (Wildman–Crippen LogP) is 4.15. The van der Waals surface area contributed by atoms with E-state index >= 15 is 13.2 Å². The summed E-state index contributed by atoms with van der Waals surface area (Å²) in [4.78, 5) is 7.15. The number of aliphatic hydroxyl groups is 1. The summed E-state index contributed by atoms with van der Waals surface area (Å²) in [6, 6.07) is 8.88. The first-order valence-electron chi connectivity index (χ1n) is 12.4. The molecule has 0 spiro atoms. The van der Waals surface area contributed by atoms with Gasteiger partial charge in [0, 0.05) is 78.9 Å². The van der Waals surface area contributed by atoms with E-state index in [0.717, 1.165) is 16.5 Å². The lowest BCUT2D eigenvalue weighted by atomic mass is 9.88. The molecular formula is C27H29F4N3O2. The van der Waals surface area contributed by atoms with Gasteiger partial charge in [-0.25, -0.2) is 13.2 Å². The Labute approximate surface area is 206 Å². The average Bonchev–Trinajstić information content (AvgIpc) is 3.37. The first kappa shape index (κ1) is 23.8. The molecule has 9 heteroatoms. The number of H-pyrrole nitrogens is 1. The van der Waals surface area contributed by atoms with Crippen LogP contribution in [0.4, 0.5) is 17.6 Å². The highest BCUT2D eigenvalue weighted by Gasteiger charge is 2.51. The van der Waals surface area contributed by atoms with Crippen molar-refractivity contribution in [3.05, 3.63) is 64.9 Å². The van der Waals surface area contributed by atoms with E-state index in [0.29, 0.717) is 31.7 Å². The maximum atomic E-state index is 15.6. The molecule has 3 atom stereocenters. The number of aliphatic hydroxyl groups excluding tert-OH is 1. The third kappa shape index (κ3) is 3.97. The highest BCUT2D eigenvalue weighted by molar-refractivity contribution is 5.85. The molecule has 0 radical (unpaired) electrons. The number of fused-ring (bicyclic) bond motifs is 4. The molecule has 1 aromatic heterocycles. The Kier molecular flexibility index (Phi) is 5.97. The van der Waals surface area contributed by atoms with Gasteiger partial charge in [0.15, 0.2) is 0 Å². The molecule has 0 amide bonds. The summed E-state index contributed by atoms with van der Waals surface area (Å²) in [5.74, 6) is -1.38. The molecule has 36 heavy (non-hydrogen) atoms. The standard InChI is InChI=1S/C27H29F4N3O2/c28-11-16-12-33(13-16)5-6-36-18-8-21(29)24(22(30)9-18)26-25-20(19-3-1-2-4-23(19)32-25)7-17-10-27(31,15-35)14-34(17)26/h1-4,8-9,16-17,26,32,35H,5-7,10-15H2/t17-,26+,27+/m0/s1. The second kappa shape index (κ2) is 9.04. The fourth-order valence-corrected chi connectivity index (χ4v) is 6.21. The minimum Gasteiger partial charge on any atom is -0.492 e. The summed E-state index contributed by atoms with van der Waals surface area (Å²) >= 11 is 0. The lowest BCUT2D eigenvalue weighted by molar-refractivity contribution is 0.0667. The molecule has 3 aliphatic heterocycles. The highest BCUT2D eigenvalue weighted by atomic mass is 19.1. The summed E-state index contributed by atoms with van der Waals surface area (Å²) < 4.78 is 64.7. The molecule has 2 N–H and O–H groups in total. The van der Waals surface area contributed by atoms with E-state index in [9.17, 15) is 9.50 Å². The van der Waals surface area contributed by atoms with Crippen molar-refractivity contribution in [2.75, 3.05) is 46.1 Å². The maximum Gasteiger partial charge on any atom is 0.148 e. The Morgan fingerprint density at radius 1 is 1.14 bits per heavy atom. The zero-order valence-corrected chi connectivity index (χ0v) is 19.8. The molecule has 2 fully saturated rings. The van der Waals surface area contributed by atoms with Gasteiger partial charge >= 0.3 is 0 Å². The number of aromatic amines is 1. The lowest BCUT2D eigenvalue weighted by Gasteiger charge is -2.38. The van der Waals surface area contributed by atoms with Gasteiger partial charge in [-0.2, -0.15) is 0 Å². The third-order valence-corrected chi connectivity index (χ3v) is 7.96. The van der Waals surface area contributed by atoms with Crippen LogP contribution in [0.3, 0.4) is 0 Å². The number of nitrogens with zero attached hydrogens (tertiary/aromatic N) is 2. The summed E-state index contributed by atoms with van der Waals surface area (Å²) in [6.07, 6.45) is 0.634. The lowest BCUT2D eigenvalue weighted by Crippen LogP contribution is -2.49. The topological polar surface area (TPSA) is 51.7 Å². The number of nitrogens with one attached hydrogen (secondary N) is 1. The van der Waals surface area contributed by atoms with Crippen molar-refractivity contribution in [1.82, 2.24) is 14.8 Å². The smallest absolute Gasteiger partial charge is 0.148 e. The van der Waals surface area contributed by atoms with Crippen LogP contribution in [0.2, 0.25) is 0 Å². The van der Waals surface area contributed by atoms with Crippen LogP contribution in [0.15, 0.2) is 36.4 Å². The number of alkyl halides is 2. The molecule has 0 bridgehead atoms. The summed E-state index contributed by atoms with van der Waals surface area (Å²) in [7, 11) is 0. The summed E-state index contributed by atoms with van der Waals surface area (Å²) in [5, 5.41) is 10.6. The molecule has 0 aliphatic carbocycles. The molecule has 3 aliphatic rings. The van der Waals surface area contributed by atoms with Gasteiger partial charge in [-0.05, 0) is 18.1 Å². The number of halogens is 4. The minimum absolute atomic E-state index is 0.0625. The van der Waals surface area contributed by atoms with Gasteiger partial charge in [0.2, 0.25) is 0 Å². The van der Waals surface area contributed by atoms with Crippen LogP contribution < -0.4 is 4.74 Å². The van der Waals surface area contributed by atoms with Crippen molar-refractivity contribution < 1.29 is 27.4 Å². The number of likely N-dealkylation sites (tertiary alicyclic amines) is 1. The van der Waals surface area contributed by atoms with Crippen molar-refractivity contribution in [2.24, 2.45) is 5.92 Å². The normalized spacial score (nSPS) is 26.7. The van der Waals surface area contributed by atoms with Crippen LogP contribution in [0, 0.1) is 17.6 Å². The Morgan fingerprint density at radius 3 is 2.61 bits per heavy atom. The summed E-state index contributed by atoms with van der Waals surface area (Å²) in [5.41, 5.74) is 0.469. The van der Waals surface area contributed by atoms with Crippen LogP contribution in [-0.4, -0.2) is 77.7 Å². The van der Waals surface area contributed by atoms with Crippen molar-refractivity contribution in [1.29, 1.82) is 0 Å². The first-order chi connectivity index (χ1) is 17.4. The second-order valence-corrected chi connectivity index (χ2v) is 10.4. The monoisotopic (exact) mass is 503 g/mol. The van der Waals surface area contributed by atoms with Gasteiger partial charge in [0.05, 0.1) is 19.3 Å². The molecular weight excluding hydrogens is 474 g/mol. The maximum absolute atomic E-state index is 15.6. The quantitative estimate of drug-likeness (QED) is 0.476. The van der Waals surface area contributed by atoms with Crippen molar-refractivity contribution >= 4 is 10.9 Å². The van der Waals surface area contributed by atoms with Crippen LogP contribution in [0.1, 0.15) is 29.3 Å². The van der Waals surface area contributed by atoms with Gasteiger partial charge in [0.1, 0.15) is 29.7 Å². The Hall–Kier alpha value is -2.62. The van der Waals surface area contributed by atoms with E-state index in [1.165, 1.54) is 12.1 Å². The second-order valence-electron chi connectivity index (χ2n) is 10.4. The number of hydrogen-bond acceptors (Lipinski definition) is 4. The van der Waals surface area contributed by atoms with Crippen LogP contribution in [0.25, 0.3) is 10.9 Å². The van der Waals surface area contributed by atoms with E-state index in [4.69, 9.17) is 4.74 Å². The van der Waals surface area contributed by atoms with Crippen LogP contribution in [-0.2, 0) is 6.42 Å². The van der Waals surface area contributed by atoms with Gasteiger partial charge in [-0.1, -0.05) is 18.2 Å². The fourth-order valence-electron chi connectivity index (χ4n) is 6.21. The zero-order chi connectivity index (χ0) is 25.0. The fraction of sp³-hybridized carbons (Fsp3) is 0.481. The first-order valence-corrected chi connectivity index (χ1v) is 12.4. The van der Waals surface area contributed by atoms with Gasteiger partial charge in [-0.3, -0.25) is 14.2 Å². The van der Waals surface area contributed by atoms with Crippen LogP contribution >= 0.6 is 0 Å². The van der Waals surface area contributed by atoms with E-state index in [1.807, 2.05) is 29.2 Å². The number of rotatable bonds is 7. The van der Waals surface area contributed by atoms with Crippen molar-refractivity contribution in [2.45, 2.75) is 30.6 Å². The van der Waals surface area contributed by atoms with Crippen LogP contribution in [0.5, 0.6) is 5.75 Å². The zero-order valence-electron chi connectivity index (χ0n) is 19.8. The van der Waals surface area contributed by atoms with E-state index in [2.05, 4.69) is 4.98 Å². The Bertz CT molecular complexity index is 1250. The molecule has 6 rings (SSSR count). The van der Waals surface area contributed by atoms with Gasteiger partial charge < -0.3 is 14.8 Å². The molecule has 3 aromatic rings. The molecule has 0 unspecified atom stereocenters. The van der Waals surface area contributed by atoms with Crippen molar-refractivity contribution in [3.63, 3.8) is 0 Å². The largest absolute Gasteiger partial charge is 0.492 e. The molecule has 2 saturated heterocycles. The van der Waals surface area contributed by atoms with Gasteiger partial charge in [-0.15, -0.1) is 0 Å². The van der Waals surface area contributed by atoms with Gasteiger partial charge in [0.25, 0.3) is 0 Å². The minimum atomic E-state index is -1.82. The molecule has 192 valence electrons. The number of hydrogen-bond donors (Lipinski definition) is 2. The number of ether oxygens (including phenoxy) is 1. The highest BCUT2D eigenvalue weighted by Crippen LogP contribution is 2.48. The molecule has 4 heterocycles. The SMILES string of the molecule is OC[C@@]1(F)C[C@@H]2Cc3c([nH]c4ccccc34)[C@@H](c3c(F)cc(OCCN4CC(CF)C4)cc3F)N2C1. The predicted molar refractivity (Wildman–Crippen MR) is 128 cm³/mol. The van der Waals surface area contributed by atoms with E-state index < -0.39 is 30.0 Å².